The molecule has 1 aromatic rings. The van der Waals surface area contributed by atoms with Crippen LogP contribution in [0.2, 0.25) is 0 Å². The Balaban J connectivity index is 1.71. The third kappa shape index (κ3) is 5.67. The number of hydrogen-bond acceptors (Lipinski definition) is 3. The summed E-state index contributed by atoms with van der Waals surface area (Å²) >= 11 is 0. The molecule has 1 aliphatic rings. The Morgan fingerprint density at radius 3 is 2.78 bits per heavy atom. The summed E-state index contributed by atoms with van der Waals surface area (Å²) in [5.41, 5.74) is 0.966. The van der Waals surface area contributed by atoms with Gasteiger partial charge in [-0.25, -0.2) is 0 Å². The molecule has 2 unspecified atom stereocenters. The summed E-state index contributed by atoms with van der Waals surface area (Å²) in [6, 6.07) is 9.69. The molecule has 2 atom stereocenters. The number of carbonyl (C=O) groups is 2. The predicted molar refractivity (Wildman–Crippen MR) is 88.8 cm³/mol. The number of carbonyl (C=O) groups excluding carboxylic acids is 2. The van der Waals surface area contributed by atoms with Crippen LogP contribution in [0.4, 0.5) is 0 Å². The van der Waals surface area contributed by atoms with Crippen LogP contribution >= 0.6 is 0 Å². The lowest BCUT2D eigenvalue weighted by atomic mass is 10.1. The fourth-order valence-electron chi connectivity index (χ4n) is 3.10. The summed E-state index contributed by atoms with van der Waals surface area (Å²) < 4.78 is 0. The summed E-state index contributed by atoms with van der Waals surface area (Å²) in [4.78, 5) is 26.0. The van der Waals surface area contributed by atoms with Crippen LogP contribution in [0.1, 0.15) is 38.2 Å². The van der Waals surface area contributed by atoms with Crippen LogP contribution in [0.15, 0.2) is 30.3 Å². The highest BCUT2D eigenvalue weighted by Crippen LogP contribution is 2.22. The second-order valence-electron chi connectivity index (χ2n) is 6.23. The van der Waals surface area contributed by atoms with Crippen LogP contribution in [0.25, 0.3) is 0 Å². The molecular weight excluding hydrogens is 292 g/mol. The number of nitrogens with one attached hydrogen (secondary N) is 1. The molecule has 5 heteroatoms. The van der Waals surface area contributed by atoms with E-state index < -0.39 is 0 Å². The van der Waals surface area contributed by atoms with E-state index in [2.05, 4.69) is 5.32 Å². The molecule has 2 rings (SSSR count). The van der Waals surface area contributed by atoms with E-state index >= 15 is 0 Å². The van der Waals surface area contributed by atoms with Gasteiger partial charge in [-0.05, 0) is 31.7 Å². The van der Waals surface area contributed by atoms with Crippen molar-refractivity contribution in [3.05, 3.63) is 35.9 Å². The number of aliphatic hydroxyl groups excluding tert-OH is 1. The minimum atomic E-state index is -0.390. The zero-order chi connectivity index (χ0) is 16.7. The van der Waals surface area contributed by atoms with Crippen molar-refractivity contribution in [3.63, 3.8) is 0 Å². The maximum absolute atomic E-state index is 12.3. The zero-order valence-electron chi connectivity index (χ0n) is 13.7. The van der Waals surface area contributed by atoms with Gasteiger partial charge in [-0.15, -0.1) is 0 Å². The molecule has 0 radical (unpaired) electrons. The topological polar surface area (TPSA) is 69.6 Å². The molecule has 126 valence electrons. The van der Waals surface area contributed by atoms with Gasteiger partial charge in [-0.1, -0.05) is 30.3 Å². The largest absolute Gasteiger partial charge is 0.393 e. The van der Waals surface area contributed by atoms with Crippen molar-refractivity contribution in [2.24, 2.45) is 0 Å². The Kier molecular flexibility index (Phi) is 6.59. The van der Waals surface area contributed by atoms with Crippen LogP contribution in [0, 0.1) is 0 Å². The van der Waals surface area contributed by atoms with E-state index in [4.69, 9.17) is 0 Å². The Bertz CT molecular complexity index is 516. The number of benzene rings is 1. The summed E-state index contributed by atoms with van der Waals surface area (Å²) in [6.07, 6.45) is 2.84. The maximum Gasteiger partial charge on any atom is 0.224 e. The first-order valence-corrected chi connectivity index (χ1v) is 8.34. The average Bonchev–Trinajstić information content (AvgIpc) is 2.95. The van der Waals surface area contributed by atoms with Gasteiger partial charge in [0.1, 0.15) is 0 Å². The van der Waals surface area contributed by atoms with Crippen molar-refractivity contribution >= 4 is 11.8 Å². The third-order valence-corrected chi connectivity index (χ3v) is 4.18. The molecule has 1 aromatic carbocycles. The van der Waals surface area contributed by atoms with Gasteiger partial charge in [0.25, 0.3) is 0 Å². The summed E-state index contributed by atoms with van der Waals surface area (Å²) in [7, 11) is 0. The predicted octanol–water partition coefficient (Wildman–Crippen LogP) is 1.50. The van der Waals surface area contributed by atoms with E-state index in [0.29, 0.717) is 25.8 Å². The monoisotopic (exact) mass is 318 g/mol. The van der Waals surface area contributed by atoms with E-state index in [-0.39, 0.29) is 24.0 Å². The molecule has 1 heterocycles. The fraction of sp³-hybridized carbons (Fsp3) is 0.556. The molecule has 23 heavy (non-hydrogen) atoms. The number of likely N-dealkylation sites (tertiary alicyclic amines) is 1. The molecule has 0 bridgehead atoms. The first kappa shape index (κ1) is 17.5. The van der Waals surface area contributed by atoms with Gasteiger partial charge >= 0.3 is 0 Å². The number of hydrogen-bond donors (Lipinski definition) is 2. The highest BCUT2D eigenvalue weighted by atomic mass is 16.3. The van der Waals surface area contributed by atoms with E-state index in [1.54, 1.807) is 6.92 Å². The van der Waals surface area contributed by atoms with E-state index in [1.165, 1.54) is 0 Å². The Hall–Kier alpha value is -1.88. The summed E-state index contributed by atoms with van der Waals surface area (Å²) in [5, 5.41) is 12.3. The van der Waals surface area contributed by atoms with Gasteiger partial charge in [0.05, 0.1) is 12.5 Å². The fourth-order valence-corrected chi connectivity index (χ4v) is 3.10. The van der Waals surface area contributed by atoms with Gasteiger partial charge in [0.15, 0.2) is 0 Å². The van der Waals surface area contributed by atoms with E-state index in [0.717, 1.165) is 24.9 Å². The first-order valence-electron chi connectivity index (χ1n) is 8.34. The minimum absolute atomic E-state index is 0.0631. The second kappa shape index (κ2) is 8.67. The lowest BCUT2D eigenvalue weighted by Gasteiger charge is -2.25. The van der Waals surface area contributed by atoms with E-state index in [1.807, 2.05) is 35.2 Å². The summed E-state index contributed by atoms with van der Waals surface area (Å²) in [5.74, 6) is -0.000821. The highest BCUT2D eigenvalue weighted by Gasteiger charge is 2.28. The maximum atomic E-state index is 12.3. The molecule has 1 saturated heterocycles. The standard InChI is InChI=1S/C18H26N2O3/c1-14(21)12-16-8-5-11-20(16)18(23)9-10-19-17(22)13-15-6-3-2-4-7-15/h2-4,6-7,14,16,21H,5,8-13H2,1H3,(H,19,22). The van der Waals surface area contributed by atoms with Crippen molar-refractivity contribution in [2.75, 3.05) is 13.1 Å². The van der Waals surface area contributed by atoms with E-state index in [9.17, 15) is 14.7 Å². The quantitative estimate of drug-likeness (QED) is 0.800. The molecule has 0 saturated carbocycles. The SMILES string of the molecule is CC(O)CC1CCCN1C(=O)CCNC(=O)Cc1ccccc1. The van der Waals surface area contributed by atoms with Crippen LogP contribution in [-0.2, 0) is 16.0 Å². The molecular formula is C18H26N2O3. The number of rotatable bonds is 7. The zero-order valence-corrected chi connectivity index (χ0v) is 13.7. The third-order valence-electron chi connectivity index (χ3n) is 4.18. The van der Waals surface area contributed by atoms with Gasteiger partial charge < -0.3 is 15.3 Å². The van der Waals surface area contributed by atoms with Crippen molar-refractivity contribution in [3.8, 4) is 0 Å². The smallest absolute Gasteiger partial charge is 0.224 e. The number of amides is 2. The van der Waals surface area contributed by atoms with Crippen LogP contribution < -0.4 is 5.32 Å². The number of aliphatic hydroxyl groups is 1. The van der Waals surface area contributed by atoms with Gasteiger partial charge in [0, 0.05) is 25.6 Å². The average molecular weight is 318 g/mol. The summed E-state index contributed by atoms with van der Waals surface area (Å²) in [6.45, 7) is 2.88. The highest BCUT2D eigenvalue weighted by molar-refractivity contribution is 5.80. The molecule has 2 N–H and O–H groups in total. The molecule has 1 aliphatic heterocycles. The second-order valence-corrected chi connectivity index (χ2v) is 6.23. The van der Waals surface area contributed by atoms with Crippen LogP contribution in [-0.4, -0.2) is 47.1 Å². The Morgan fingerprint density at radius 1 is 1.35 bits per heavy atom. The molecule has 0 aliphatic carbocycles. The van der Waals surface area contributed by atoms with Gasteiger partial charge in [-0.2, -0.15) is 0 Å². The lowest BCUT2D eigenvalue weighted by Crippen LogP contribution is -2.39. The van der Waals surface area contributed by atoms with Crippen molar-refractivity contribution < 1.29 is 14.7 Å². The molecule has 2 amide bonds. The molecule has 0 spiro atoms. The molecule has 5 nitrogen and oxygen atoms in total. The van der Waals surface area contributed by atoms with Crippen LogP contribution in [0.5, 0.6) is 0 Å². The minimum Gasteiger partial charge on any atom is -0.393 e. The van der Waals surface area contributed by atoms with Crippen molar-refractivity contribution in [2.45, 2.75) is 51.2 Å². The number of nitrogens with zero attached hydrogens (tertiary/aromatic N) is 1. The van der Waals surface area contributed by atoms with Crippen LogP contribution in [0.3, 0.4) is 0 Å². The van der Waals surface area contributed by atoms with Gasteiger partial charge in [0.2, 0.25) is 11.8 Å². The first-order chi connectivity index (χ1) is 11.1. The van der Waals surface area contributed by atoms with Crippen molar-refractivity contribution in [1.82, 2.24) is 10.2 Å². The Labute approximate surface area is 137 Å². The molecule has 0 aromatic heterocycles. The Morgan fingerprint density at radius 2 is 2.09 bits per heavy atom. The lowest BCUT2D eigenvalue weighted by molar-refractivity contribution is -0.132. The van der Waals surface area contributed by atoms with Crippen molar-refractivity contribution in [1.29, 1.82) is 0 Å². The normalized spacial score (nSPS) is 18.7. The molecule has 1 fully saturated rings. The van der Waals surface area contributed by atoms with Gasteiger partial charge in [-0.3, -0.25) is 9.59 Å².